The van der Waals surface area contributed by atoms with Crippen LogP contribution >= 0.6 is 0 Å². The summed E-state index contributed by atoms with van der Waals surface area (Å²) in [5, 5.41) is 5.00. The van der Waals surface area contributed by atoms with Crippen molar-refractivity contribution >= 4 is 21.5 Å². The zero-order valence-electron chi connectivity index (χ0n) is 26.3. The molecule has 0 fully saturated rings. The third-order valence-electron chi connectivity index (χ3n) is 9.79. The van der Waals surface area contributed by atoms with Crippen LogP contribution in [0.1, 0.15) is 25.0 Å². The van der Waals surface area contributed by atoms with Gasteiger partial charge in [-0.1, -0.05) is 117 Å². The van der Waals surface area contributed by atoms with Crippen LogP contribution in [0.4, 0.5) is 0 Å². The van der Waals surface area contributed by atoms with Gasteiger partial charge in [0, 0.05) is 34.5 Å². The summed E-state index contributed by atoms with van der Waals surface area (Å²) in [5.74, 6) is 0.699. The molecule has 1 aliphatic carbocycles. The molecule has 1 aliphatic rings. The molecule has 0 amide bonds. The molecular weight excluding hydrogens is 571 g/mol. The molecule has 0 atom stereocenters. The summed E-state index contributed by atoms with van der Waals surface area (Å²) in [6.07, 6.45) is 3.65. The van der Waals surface area contributed by atoms with Gasteiger partial charge in [0.25, 0.3) is 0 Å². The molecule has 0 radical (unpaired) electrons. The highest BCUT2D eigenvalue weighted by atomic mass is 14.9. The minimum atomic E-state index is -0.0417. The van der Waals surface area contributed by atoms with Gasteiger partial charge in [-0.25, -0.2) is 9.97 Å². The average molecular weight is 602 g/mol. The molecule has 222 valence electrons. The quantitative estimate of drug-likeness (QED) is 0.188. The summed E-state index contributed by atoms with van der Waals surface area (Å²) in [6.45, 7) is 4.69. The molecule has 0 aliphatic heterocycles. The van der Waals surface area contributed by atoms with Crippen LogP contribution < -0.4 is 0 Å². The smallest absolute Gasteiger partial charge is 0.161 e. The zero-order chi connectivity index (χ0) is 31.5. The van der Waals surface area contributed by atoms with Gasteiger partial charge in [-0.2, -0.15) is 0 Å². The molecule has 3 nitrogen and oxygen atoms in total. The Labute approximate surface area is 274 Å². The lowest BCUT2D eigenvalue weighted by Crippen LogP contribution is -2.14. The second-order valence-electron chi connectivity index (χ2n) is 12.9. The Morgan fingerprint density at radius 1 is 0.426 bits per heavy atom. The van der Waals surface area contributed by atoms with E-state index in [4.69, 9.17) is 9.97 Å². The number of hydrogen-bond acceptors (Lipinski definition) is 3. The lowest BCUT2D eigenvalue weighted by atomic mass is 9.81. The topological polar surface area (TPSA) is 38.7 Å². The van der Waals surface area contributed by atoms with Gasteiger partial charge in [-0.05, 0) is 91.3 Å². The highest BCUT2D eigenvalue weighted by Gasteiger charge is 2.35. The van der Waals surface area contributed by atoms with Crippen molar-refractivity contribution in [2.75, 3.05) is 0 Å². The number of benzene rings is 6. The van der Waals surface area contributed by atoms with Gasteiger partial charge >= 0.3 is 0 Å². The third kappa shape index (κ3) is 4.46. The molecule has 0 unspecified atom stereocenters. The fourth-order valence-corrected chi connectivity index (χ4v) is 7.35. The maximum absolute atomic E-state index is 5.22. The van der Waals surface area contributed by atoms with Crippen LogP contribution in [0.15, 0.2) is 152 Å². The predicted molar refractivity (Wildman–Crippen MR) is 194 cm³/mol. The van der Waals surface area contributed by atoms with Crippen molar-refractivity contribution in [2.24, 2.45) is 0 Å². The third-order valence-corrected chi connectivity index (χ3v) is 9.79. The Morgan fingerprint density at radius 3 is 1.87 bits per heavy atom. The van der Waals surface area contributed by atoms with Gasteiger partial charge in [0.2, 0.25) is 0 Å². The molecule has 0 bridgehead atoms. The molecule has 2 heterocycles. The predicted octanol–water partition coefficient (Wildman–Crippen LogP) is 11.2. The Morgan fingerprint density at radius 2 is 1.09 bits per heavy atom. The summed E-state index contributed by atoms with van der Waals surface area (Å²) in [5.41, 5.74) is 12.5. The van der Waals surface area contributed by atoms with E-state index in [0.717, 1.165) is 39.2 Å². The van der Waals surface area contributed by atoms with E-state index in [9.17, 15) is 0 Å². The molecular formula is C44H31N3. The van der Waals surface area contributed by atoms with Crippen LogP contribution in [-0.2, 0) is 5.41 Å². The second kappa shape index (κ2) is 10.6. The fraction of sp³-hybridized carbons (Fsp3) is 0.0682. The summed E-state index contributed by atoms with van der Waals surface area (Å²) in [7, 11) is 0. The summed E-state index contributed by atoms with van der Waals surface area (Å²) in [4.78, 5) is 14.6. The standard InChI is InChI=1S/C44H31N3/c1-44(2)39-15-9-8-13-35(39)38-25-31-17-16-30-24-32(18-19-34(30)37(31)26-40(38)44)42-27-41(29-10-4-3-5-11-29)46-43(47-42)36-14-7-6-12-33(36)28-20-22-45-23-21-28/h3-27H,1-2H3. The average Bonchev–Trinajstić information content (AvgIpc) is 3.36. The number of aromatic nitrogens is 3. The minimum Gasteiger partial charge on any atom is -0.265 e. The molecule has 0 saturated carbocycles. The first-order valence-electron chi connectivity index (χ1n) is 16.1. The van der Waals surface area contributed by atoms with Crippen LogP contribution in [0.5, 0.6) is 0 Å². The summed E-state index contributed by atoms with van der Waals surface area (Å²) < 4.78 is 0. The van der Waals surface area contributed by atoms with Gasteiger partial charge in [-0.3, -0.25) is 4.98 Å². The largest absolute Gasteiger partial charge is 0.265 e. The fourth-order valence-electron chi connectivity index (χ4n) is 7.35. The molecule has 0 N–H and O–H groups in total. The van der Waals surface area contributed by atoms with Crippen molar-refractivity contribution < 1.29 is 0 Å². The highest BCUT2D eigenvalue weighted by Crippen LogP contribution is 2.50. The van der Waals surface area contributed by atoms with Gasteiger partial charge in [0.05, 0.1) is 11.4 Å². The van der Waals surface area contributed by atoms with Gasteiger partial charge in [0.1, 0.15) is 0 Å². The normalized spacial score (nSPS) is 13.1. The van der Waals surface area contributed by atoms with Crippen molar-refractivity contribution in [1.29, 1.82) is 0 Å². The van der Waals surface area contributed by atoms with Crippen LogP contribution in [-0.4, -0.2) is 15.0 Å². The van der Waals surface area contributed by atoms with Crippen LogP contribution in [0.3, 0.4) is 0 Å². The molecule has 6 aromatic carbocycles. The van der Waals surface area contributed by atoms with Crippen LogP contribution in [0.25, 0.3) is 77.7 Å². The van der Waals surface area contributed by atoms with E-state index in [0.29, 0.717) is 5.82 Å². The zero-order valence-corrected chi connectivity index (χ0v) is 26.3. The summed E-state index contributed by atoms with van der Waals surface area (Å²) in [6, 6.07) is 49.8. The van der Waals surface area contributed by atoms with E-state index in [-0.39, 0.29) is 5.41 Å². The number of fused-ring (bicyclic) bond motifs is 6. The number of hydrogen-bond donors (Lipinski definition) is 0. The molecule has 3 heteroatoms. The van der Waals surface area contributed by atoms with Crippen molar-refractivity contribution in [3.05, 3.63) is 163 Å². The highest BCUT2D eigenvalue weighted by molar-refractivity contribution is 6.10. The van der Waals surface area contributed by atoms with Gasteiger partial charge in [0.15, 0.2) is 5.82 Å². The lowest BCUT2D eigenvalue weighted by Gasteiger charge is -2.22. The maximum atomic E-state index is 5.22. The maximum Gasteiger partial charge on any atom is 0.161 e. The minimum absolute atomic E-state index is 0.0417. The first-order chi connectivity index (χ1) is 23.0. The monoisotopic (exact) mass is 601 g/mol. The lowest BCUT2D eigenvalue weighted by molar-refractivity contribution is 0.661. The molecule has 2 aromatic heterocycles. The van der Waals surface area contributed by atoms with Gasteiger partial charge < -0.3 is 0 Å². The number of pyridine rings is 1. The van der Waals surface area contributed by atoms with Crippen LogP contribution in [0.2, 0.25) is 0 Å². The Kier molecular flexibility index (Phi) is 6.16. The molecule has 9 rings (SSSR count). The number of rotatable bonds is 4. The first-order valence-corrected chi connectivity index (χ1v) is 16.1. The SMILES string of the molecule is CC1(C)c2ccccc2-c2cc3ccc4cc(-c5cc(-c6ccccc6)nc(-c6ccccc6-c6ccncc6)n5)ccc4c3cc21. The van der Waals surface area contributed by atoms with E-state index >= 15 is 0 Å². The molecule has 47 heavy (non-hydrogen) atoms. The van der Waals surface area contributed by atoms with Crippen molar-refractivity contribution in [1.82, 2.24) is 15.0 Å². The molecule has 0 spiro atoms. The Balaban J connectivity index is 1.21. The van der Waals surface area contributed by atoms with E-state index in [2.05, 4.69) is 140 Å². The molecule has 0 saturated heterocycles. The second-order valence-corrected chi connectivity index (χ2v) is 12.9. The molecule has 8 aromatic rings. The first kappa shape index (κ1) is 27.4. The number of nitrogens with zero attached hydrogens (tertiary/aromatic N) is 3. The van der Waals surface area contributed by atoms with Gasteiger partial charge in [-0.15, -0.1) is 0 Å². The van der Waals surface area contributed by atoms with Crippen molar-refractivity contribution in [3.63, 3.8) is 0 Å². The van der Waals surface area contributed by atoms with Crippen molar-refractivity contribution in [3.8, 4) is 56.2 Å². The van der Waals surface area contributed by atoms with E-state index in [1.54, 1.807) is 0 Å². The van der Waals surface area contributed by atoms with E-state index in [1.807, 2.05) is 30.6 Å². The van der Waals surface area contributed by atoms with Crippen LogP contribution in [0, 0.1) is 0 Å². The van der Waals surface area contributed by atoms with E-state index < -0.39 is 0 Å². The van der Waals surface area contributed by atoms with E-state index in [1.165, 1.54) is 43.8 Å². The summed E-state index contributed by atoms with van der Waals surface area (Å²) >= 11 is 0. The van der Waals surface area contributed by atoms with Crippen molar-refractivity contribution in [2.45, 2.75) is 19.3 Å². The Hall–Kier alpha value is -5.93. The Bertz CT molecular complexity index is 2480.